The molecule has 0 aliphatic heterocycles. The molecular weight excluding hydrogens is 232 g/mol. The fourth-order valence-corrected chi connectivity index (χ4v) is 1.42. The van der Waals surface area contributed by atoms with E-state index in [1.165, 1.54) is 6.33 Å². The molecule has 0 aliphatic carbocycles. The first kappa shape index (κ1) is 14.2. The molecule has 0 fully saturated rings. The van der Waals surface area contributed by atoms with Crippen molar-refractivity contribution >= 4 is 17.5 Å². The van der Waals surface area contributed by atoms with Gasteiger partial charge in [-0.2, -0.15) is 0 Å². The standard InChI is InChI=1S/C11H20N6O/c1-4-7-8(15-6-16-9(7)17-13)14-5-11(2,3)10(12)18/h6H,4-5,13H2,1-3H3,(H2,12,18)(H2,14,15,16,17). The lowest BCUT2D eigenvalue weighted by molar-refractivity contribution is -0.125. The van der Waals surface area contributed by atoms with Crippen LogP contribution < -0.4 is 22.3 Å². The molecule has 0 aliphatic rings. The summed E-state index contributed by atoms with van der Waals surface area (Å²) in [6.07, 6.45) is 2.13. The summed E-state index contributed by atoms with van der Waals surface area (Å²) in [5, 5.41) is 3.11. The predicted octanol–water partition coefficient (Wildman–Crippen LogP) is 0.248. The van der Waals surface area contributed by atoms with Gasteiger partial charge in [0.25, 0.3) is 0 Å². The monoisotopic (exact) mass is 252 g/mol. The first-order valence-corrected chi connectivity index (χ1v) is 5.76. The number of carbonyl (C=O) groups excluding carboxylic acids is 1. The van der Waals surface area contributed by atoms with Gasteiger partial charge < -0.3 is 16.5 Å². The summed E-state index contributed by atoms with van der Waals surface area (Å²) in [5.74, 6) is 6.26. The first-order chi connectivity index (χ1) is 8.42. The number of aromatic nitrogens is 2. The summed E-state index contributed by atoms with van der Waals surface area (Å²) >= 11 is 0. The van der Waals surface area contributed by atoms with Crippen LogP contribution in [-0.4, -0.2) is 22.4 Å². The van der Waals surface area contributed by atoms with E-state index in [0.717, 1.165) is 12.0 Å². The molecule has 0 atom stereocenters. The molecule has 1 heterocycles. The molecule has 1 amide bonds. The minimum Gasteiger partial charge on any atom is -0.369 e. The van der Waals surface area contributed by atoms with E-state index in [2.05, 4.69) is 20.7 Å². The molecule has 1 rings (SSSR count). The molecule has 6 N–H and O–H groups in total. The highest BCUT2D eigenvalue weighted by atomic mass is 16.1. The van der Waals surface area contributed by atoms with Crippen molar-refractivity contribution in [2.75, 3.05) is 17.3 Å². The Hall–Kier alpha value is -1.89. The van der Waals surface area contributed by atoms with Gasteiger partial charge in [-0.1, -0.05) is 6.92 Å². The van der Waals surface area contributed by atoms with Crippen molar-refractivity contribution < 1.29 is 4.79 Å². The molecule has 7 heteroatoms. The van der Waals surface area contributed by atoms with Crippen LogP contribution in [0, 0.1) is 5.41 Å². The average molecular weight is 252 g/mol. The summed E-state index contributed by atoms with van der Waals surface area (Å²) in [4.78, 5) is 19.4. The fraction of sp³-hybridized carbons (Fsp3) is 0.545. The van der Waals surface area contributed by atoms with Gasteiger partial charge in [0.2, 0.25) is 5.91 Å². The van der Waals surface area contributed by atoms with E-state index in [0.29, 0.717) is 18.2 Å². The number of nitrogen functional groups attached to an aromatic ring is 1. The number of nitrogens with two attached hydrogens (primary N) is 2. The second-order valence-corrected chi connectivity index (χ2v) is 4.65. The Labute approximate surface area is 106 Å². The van der Waals surface area contributed by atoms with Gasteiger partial charge in [-0.3, -0.25) is 4.79 Å². The Morgan fingerprint density at radius 1 is 1.39 bits per heavy atom. The number of amides is 1. The molecule has 0 saturated carbocycles. The molecule has 18 heavy (non-hydrogen) atoms. The lowest BCUT2D eigenvalue weighted by Gasteiger charge is -2.22. The summed E-state index contributed by atoms with van der Waals surface area (Å²) in [5.41, 5.74) is 8.07. The van der Waals surface area contributed by atoms with Crippen molar-refractivity contribution in [1.82, 2.24) is 9.97 Å². The largest absolute Gasteiger partial charge is 0.369 e. The minimum atomic E-state index is -0.647. The third kappa shape index (κ3) is 3.07. The molecule has 0 bridgehead atoms. The maximum absolute atomic E-state index is 11.2. The quantitative estimate of drug-likeness (QED) is 0.425. The Balaban J connectivity index is 2.88. The zero-order valence-corrected chi connectivity index (χ0v) is 10.9. The molecule has 0 saturated heterocycles. The highest BCUT2D eigenvalue weighted by Gasteiger charge is 2.25. The van der Waals surface area contributed by atoms with Crippen LogP contribution in [0.25, 0.3) is 0 Å². The Bertz CT molecular complexity index is 432. The van der Waals surface area contributed by atoms with E-state index in [1.807, 2.05) is 6.92 Å². The number of carbonyl (C=O) groups is 1. The number of hydrogen-bond acceptors (Lipinski definition) is 6. The summed E-state index contributed by atoms with van der Waals surface area (Å²) in [7, 11) is 0. The van der Waals surface area contributed by atoms with Gasteiger partial charge in [0.15, 0.2) is 0 Å². The molecule has 7 nitrogen and oxygen atoms in total. The van der Waals surface area contributed by atoms with E-state index >= 15 is 0 Å². The molecule has 0 aromatic carbocycles. The minimum absolute atomic E-state index is 0.362. The molecule has 0 spiro atoms. The highest BCUT2D eigenvalue weighted by Crippen LogP contribution is 2.21. The summed E-state index contributed by atoms with van der Waals surface area (Å²) in [6.45, 7) is 5.93. The number of hydrogen-bond donors (Lipinski definition) is 4. The third-order valence-electron chi connectivity index (χ3n) is 2.80. The van der Waals surface area contributed by atoms with Crippen molar-refractivity contribution in [2.24, 2.45) is 17.0 Å². The second kappa shape index (κ2) is 5.63. The first-order valence-electron chi connectivity index (χ1n) is 5.76. The third-order valence-corrected chi connectivity index (χ3v) is 2.80. The molecule has 1 aromatic heterocycles. The van der Waals surface area contributed by atoms with Gasteiger partial charge in [-0.15, -0.1) is 0 Å². The van der Waals surface area contributed by atoms with Crippen LogP contribution in [0.2, 0.25) is 0 Å². The molecule has 1 aromatic rings. The SMILES string of the molecule is CCc1c(NN)ncnc1NCC(C)(C)C(N)=O. The van der Waals surface area contributed by atoms with Crippen molar-refractivity contribution in [3.05, 3.63) is 11.9 Å². The smallest absolute Gasteiger partial charge is 0.224 e. The maximum Gasteiger partial charge on any atom is 0.224 e. The van der Waals surface area contributed by atoms with Crippen LogP contribution in [0.4, 0.5) is 11.6 Å². The van der Waals surface area contributed by atoms with E-state index in [4.69, 9.17) is 11.6 Å². The average Bonchev–Trinajstić information content (AvgIpc) is 2.35. The zero-order valence-electron chi connectivity index (χ0n) is 10.9. The van der Waals surface area contributed by atoms with Crippen molar-refractivity contribution in [2.45, 2.75) is 27.2 Å². The fourth-order valence-electron chi connectivity index (χ4n) is 1.42. The van der Waals surface area contributed by atoms with Gasteiger partial charge >= 0.3 is 0 Å². The van der Waals surface area contributed by atoms with E-state index < -0.39 is 5.41 Å². The Morgan fingerprint density at radius 3 is 2.50 bits per heavy atom. The lowest BCUT2D eigenvalue weighted by atomic mass is 9.93. The topological polar surface area (TPSA) is 119 Å². The van der Waals surface area contributed by atoms with Crippen molar-refractivity contribution in [3.8, 4) is 0 Å². The van der Waals surface area contributed by atoms with Crippen molar-refractivity contribution in [3.63, 3.8) is 0 Å². The maximum atomic E-state index is 11.2. The van der Waals surface area contributed by atoms with Gasteiger partial charge in [0, 0.05) is 12.1 Å². The molecule has 100 valence electrons. The number of nitrogens with one attached hydrogen (secondary N) is 2. The Morgan fingerprint density at radius 2 is 2.00 bits per heavy atom. The number of nitrogens with zero attached hydrogens (tertiary/aromatic N) is 2. The Kier molecular flexibility index (Phi) is 4.43. The van der Waals surface area contributed by atoms with Gasteiger partial charge in [0.05, 0.1) is 5.41 Å². The second-order valence-electron chi connectivity index (χ2n) is 4.65. The molecule has 0 unspecified atom stereocenters. The van der Waals surface area contributed by atoms with Crippen LogP contribution >= 0.6 is 0 Å². The van der Waals surface area contributed by atoms with Crippen LogP contribution in [0.1, 0.15) is 26.3 Å². The van der Waals surface area contributed by atoms with E-state index in [1.54, 1.807) is 13.8 Å². The van der Waals surface area contributed by atoms with Crippen LogP contribution in [0.3, 0.4) is 0 Å². The number of hydrazine groups is 1. The molecular formula is C11H20N6O. The van der Waals surface area contributed by atoms with E-state index in [9.17, 15) is 4.79 Å². The summed E-state index contributed by atoms with van der Waals surface area (Å²) in [6, 6.07) is 0. The predicted molar refractivity (Wildman–Crippen MR) is 70.7 cm³/mol. The van der Waals surface area contributed by atoms with Crippen molar-refractivity contribution in [1.29, 1.82) is 0 Å². The number of primary amides is 1. The van der Waals surface area contributed by atoms with Crippen LogP contribution in [0.15, 0.2) is 6.33 Å². The number of anilines is 2. The van der Waals surface area contributed by atoms with Gasteiger partial charge in [-0.25, -0.2) is 15.8 Å². The van der Waals surface area contributed by atoms with Crippen LogP contribution in [-0.2, 0) is 11.2 Å². The van der Waals surface area contributed by atoms with Gasteiger partial charge in [-0.05, 0) is 20.3 Å². The van der Waals surface area contributed by atoms with Gasteiger partial charge in [0.1, 0.15) is 18.0 Å². The lowest BCUT2D eigenvalue weighted by Crippen LogP contribution is -2.37. The van der Waals surface area contributed by atoms with Crippen LogP contribution in [0.5, 0.6) is 0 Å². The number of rotatable bonds is 6. The highest BCUT2D eigenvalue weighted by molar-refractivity contribution is 5.80. The zero-order chi connectivity index (χ0) is 13.8. The summed E-state index contributed by atoms with van der Waals surface area (Å²) < 4.78 is 0. The van der Waals surface area contributed by atoms with E-state index in [-0.39, 0.29) is 5.91 Å². The molecule has 0 radical (unpaired) electrons. The normalized spacial score (nSPS) is 11.1.